The molecule has 0 radical (unpaired) electrons. The van der Waals surface area contributed by atoms with E-state index in [0.717, 1.165) is 25.0 Å². The van der Waals surface area contributed by atoms with Gasteiger partial charge in [-0.05, 0) is 37.8 Å². The molecule has 2 rings (SSSR count). The number of hydrogen-bond acceptors (Lipinski definition) is 2. The highest BCUT2D eigenvalue weighted by Crippen LogP contribution is 2.28. The average molecular weight is 407 g/mol. The Morgan fingerprint density at radius 1 is 1.38 bits per heavy atom. The Bertz CT molecular complexity index is 452. The van der Waals surface area contributed by atoms with Crippen LogP contribution in [0.4, 0.5) is 4.39 Å². The SMILES string of the molecule is CCNC(=NCC1CC1)NCCOc1cccc(F)c1.I. The summed E-state index contributed by atoms with van der Waals surface area (Å²) in [6, 6.07) is 6.17. The van der Waals surface area contributed by atoms with Gasteiger partial charge in [-0.1, -0.05) is 6.07 Å². The van der Waals surface area contributed by atoms with Crippen molar-refractivity contribution in [1.82, 2.24) is 10.6 Å². The van der Waals surface area contributed by atoms with Gasteiger partial charge in [-0.3, -0.25) is 4.99 Å². The zero-order chi connectivity index (χ0) is 14.2. The second-order valence-corrected chi connectivity index (χ2v) is 4.90. The molecule has 1 fully saturated rings. The van der Waals surface area contributed by atoms with Gasteiger partial charge in [-0.25, -0.2) is 4.39 Å². The summed E-state index contributed by atoms with van der Waals surface area (Å²) in [7, 11) is 0. The Hall–Kier alpha value is -1.05. The summed E-state index contributed by atoms with van der Waals surface area (Å²) in [5, 5.41) is 6.41. The van der Waals surface area contributed by atoms with E-state index in [-0.39, 0.29) is 29.8 Å². The Labute approximate surface area is 142 Å². The molecule has 4 nitrogen and oxygen atoms in total. The van der Waals surface area contributed by atoms with Crippen LogP contribution in [0.15, 0.2) is 29.3 Å². The van der Waals surface area contributed by atoms with Crippen molar-refractivity contribution in [1.29, 1.82) is 0 Å². The third-order valence-corrected chi connectivity index (χ3v) is 3.01. The van der Waals surface area contributed by atoms with Gasteiger partial charge < -0.3 is 15.4 Å². The molecule has 118 valence electrons. The lowest BCUT2D eigenvalue weighted by Gasteiger charge is -2.12. The Kier molecular flexibility index (Phi) is 8.41. The topological polar surface area (TPSA) is 45.7 Å². The van der Waals surface area contributed by atoms with Crippen LogP contribution in [-0.4, -0.2) is 32.2 Å². The second-order valence-electron chi connectivity index (χ2n) is 4.90. The van der Waals surface area contributed by atoms with Crippen LogP contribution in [0.3, 0.4) is 0 Å². The molecule has 1 aromatic rings. The first-order chi connectivity index (χ1) is 9.78. The van der Waals surface area contributed by atoms with Crippen LogP contribution >= 0.6 is 24.0 Å². The van der Waals surface area contributed by atoms with Crippen molar-refractivity contribution >= 4 is 29.9 Å². The minimum Gasteiger partial charge on any atom is -0.492 e. The number of rotatable bonds is 7. The lowest BCUT2D eigenvalue weighted by molar-refractivity contribution is 0.320. The van der Waals surface area contributed by atoms with Crippen LogP contribution in [0.5, 0.6) is 5.75 Å². The number of benzene rings is 1. The monoisotopic (exact) mass is 407 g/mol. The van der Waals surface area contributed by atoms with Crippen LogP contribution in [0.1, 0.15) is 19.8 Å². The van der Waals surface area contributed by atoms with Gasteiger partial charge in [0.05, 0.1) is 6.54 Å². The molecule has 0 atom stereocenters. The van der Waals surface area contributed by atoms with E-state index in [1.165, 1.54) is 25.0 Å². The maximum atomic E-state index is 13.0. The molecule has 21 heavy (non-hydrogen) atoms. The molecule has 0 aliphatic heterocycles. The lowest BCUT2D eigenvalue weighted by atomic mass is 10.3. The summed E-state index contributed by atoms with van der Waals surface area (Å²) in [5.74, 6) is 1.86. The summed E-state index contributed by atoms with van der Waals surface area (Å²) in [5.41, 5.74) is 0. The van der Waals surface area contributed by atoms with Gasteiger partial charge in [-0.2, -0.15) is 0 Å². The molecule has 0 saturated heterocycles. The molecule has 1 saturated carbocycles. The predicted octanol–water partition coefficient (Wildman–Crippen LogP) is 2.79. The second kappa shape index (κ2) is 9.81. The fraction of sp³-hybridized carbons (Fsp3) is 0.533. The van der Waals surface area contributed by atoms with Crippen LogP contribution < -0.4 is 15.4 Å². The van der Waals surface area contributed by atoms with E-state index in [0.29, 0.717) is 18.9 Å². The molecule has 0 unspecified atom stereocenters. The van der Waals surface area contributed by atoms with E-state index in [1.54, 1.807) is 12.1 Å². The first-order valence-corrected chi connectivity index (χ1v) is 7.18. The third-order valence-electron chi connectivity index (χ3n) is 3.01. The van der Waals surface area contributed by atoms with Crippen molar-refractivity contribution < 1.29 is 9.13 Å². The fourth-order valence-electron chi connectivity index (χ4n) is 1.76. The number of halogens is 2. The molecule has 0 bridgehead atoms. The largest absolute Gasteiger partial charge is 0.492 e. The molecule has 0 heterocycles. The van der Waals surface area contributed by atoms with Crippen molar-refractivity contribution in [2.24, 2.45) is 10.9 Å². The maximum absolute atomic E-state index is 13.0. The molecule has 1 aromatic carbocycles. The van der Waals surface area contributed by atoms with Crippen LogP contribution in [0.2, 0.25) is 0 Å². The molecule has 0 amide bonds. The zero-order valence-electron chi connectivity index (χ0n) is 12.3. The molecule has 0 aromatic heterocycles. The third kappa shape index (κ3) is 7.50. The number of nitrogens with zero attached hydrogens (tertiary/aromatic N) is 1. The maximum Gasteiger partial charge on any atom is 0.191 e. The molecule has 2 N–H and O–H groups in total. The van der Waals surface area contributed by atoms with Crippen molar-refractivity contribution in [3.05, 3.63) is 30.1 Å². The molecule has 0 spiro atoms. The highest BCUT2D eigenvalue weighted by Gasteiger charge is 2.20. The molecular weight excluding hydrogens is 384 g/mol. The van der Waals surface area contributed by atoms with Crippen LogP contribution in [-0.2, 0) is 0 Å². The summed E-state index contributed by atoms with van der Waals surface area (Å²) in [4.78, 5) is 4.51. The molecular formula is C15H23FIN3O. The first kappa shape index (κ1) is 18.0. The summed E-state index contributed by atoms with van der Waals surface area (Å²) in [6.07, 6.45) is 2.59. The quantitative estimate of drug-likeness (QED) is 0.316. The fourth-order valence-corrected chi connectivity index (χ4v) is 1.76. The van der Waals surface area contributed by atoms with E-state index in [4.69, 9.17) is 4.74 Å². The summed E-state index contributed by atoms with van der Waals surface area (Å²) >= 11 is 0. The number of aliphatic imine (C=N–C) groups is 1. The number of ether oxygens (including phenoxy) is 1. The van der Waals surface area contributed by atoms with Gasteiger partial charge in [0.25, 0.3) is 0 Å². The van der Waals surface area contributed by atoms with Crippen molar-refractivity contribution in [2.75, 3.05) is 26.2 Å². The number of hydrogen-bond donors (Lipinski definition) is 2. The standard InChI is InChI=1S/C15H22FN3O.HI/c1-2-17-15(19-11-12-6-7-12)18-8-9-20-14-5-3-4-13(16)10-14;/h3-5,10,12H,2,6-9,11H2,1H3,(H2,17,18,19);1H. The van der Waals surface area contributed by atoms with E-state index in [9.17, 15) is 4.39 Å². The van der Waals surface area contributed by atoms with Gasteiger partial charge in [0, 0.05) is 19.2 Å². The predicted molar refractivity (Wildman–Crippen MR) is 94.0 cm³/mol. The smallest absolute Gasteiger partial charge is 0.191 e. The van der Waals surface area contributed by atoms with Gasteiger partial charge in [0.2, 0.25) is 0 Å². The van der Waals surface area contributed by atoms with Crippen LogP contribution in [0, 0.1) is 11.7 Å². The highest BCUT2D eigenvalue weighted by atomic mass is 127. The van der Waals surface area contributed by atoms with E-state index >= 15 is 0 Å². The lowest BCUT2D eigenvalue weighted by Crippen LogP contribution is -2.39. The summed E-state index contributed by atoms with van der Waals surface area (Å²) < 4.78 is 18.4. The first-order valence-electron chi connectivity index (χ1n) is 7.18. The van der Waals surface area contributed by atoms with E-state index in [1.807, 2.05) is 6.92 Å². The number of nitrogens with one attached hydrogen (secondary N) is 2. The Balaban J connectivity index is 0.00000220. The van der Waals surface area contributed by atoms with Crippen LogP contribution in [0.25, 0.3) is 0 Å². The minimum atomic E-state index is -0.283. The zero-order valence-corrected chi connectivity index (χ0v) is 14.6. The van der Waals surface area contributed by atoms with Crippen molar-refractivity contribution in [2.45, 2.75) is 19.8 Å². The molecule has 1 aliphatic carbocycles. The van der Waals surface area contributed by atoms with Gasteiger partial charge in [-0.15, -0.1) is 24.0 Å². The highest BCUT2D eigenvalue weighted by molar-refractivity contribution is 14.0. The van der Waals surface area contributed by atoms with E-state index in [2.05, 4.69) is 15.6 Å². The Morgan fingerprint density at radius 3 is 2.86 bits per heavy atom. The van der Waals surface area contributed by atoms with Crippen molar-refractivity contribution in [3.8, 4) is 5.75 Å². The van der Waals surface area contributed by atoms with Gasteiger partial charge in [0.15, 0.2) is 5.96 Å². The normalized spacial score (nSPS) is 14.3. The molecule has 6 heteroatoms. The van der Waals surface area contributed by atoms with Crippen molar-refractivity contribution in [3.63, 3.8) is 0 Å². The van der Waals surface area contributed by atoms with E-state index < -0.39 is 0 Å². The van der Waals surface area contributed by atoms with Gasteiger partial charge >= 0.3 is 0 Å². The Morgan fingerprint density at radius 2 is 2.19 bits per heavy atom. The summed E-state index contributed by atoms with van der Waals surface area (Å²) in [6.45, 7) is 4.86. The average Bonchev–Trinajstić information content (AvgIpc) is 3.25. The molecule has 1 aliphatic rings. The van der Waals surface area contributed by atoms with Gasteiger partial charge in [0.1, 0.15) is 18.2 Å². The number of guanidine groups is 1. The minimum absolute atomic E-state index is 0.